The maximum absolute atomic E-state index is 12.3. The first-order valence-electron chi connectivity index (χ1n) is 8.77. The van der Waals surface area contributed by atoms with Crippen LogP contribution in [0.15, 0.2) is 24.3 Å². The smallest absolute Gasteiger partial charge is 0.327 e. The normalized spacial score (nSPS) is 12.3. The van der Waals surface area contributed by atoms with Gasteiger partial charge >= 0.3 is 17.9 Å². The fraction of sp³-hybridized carbons (Fsp3) is 0.444. The molecular formula is C18H22N2O9. The fourth-order valence-corrected chi connectivity index (χ4v) is 2.51. The summed E-state index contributed by atoms with van der Waals surface area (Å²) in [5, 5.41) is 22.5. The summed E-state index contributed by atoms with van der Waals surface area (Å²) in [7, 11) is 0. The molecule has 1 aromatic rings. The quantitative estimate of drug-likeness (QED) is 0.306. The Labute approximate surface area is 166 Å². The van der Waals surface area contributed by atoms with Crippen LogP contribution >= 0.6 is 0 Å². The SMILES string of the molecule is CCOC(=O)C[C@@H](C(=O)OCC)[C@@H](NC(=O)Cc1cccc([N+](=O)[O-])c1)C(=O)O. The van der Waals surface area contributed by atoms with E-state index in [0.29, 0.717) is 0 Å². The van der Waals surface area contributed by atoms with Crippen molar-refractivity contribution in [2.45, 2.75) is 32.7 Å². The highest BCUT2D eigenvalue weighted by Crippen LogP contribution is 2.16. The Balaban J connectivity index is 2.99. The Morgan fingerprint density at radius 2 is 1.83 bits per heavy atom. The van der Waals surface area contributed by atoms with Gasteiger partial charge in [0.05, 0.1) is 36.9 Å². The molecule has 2 atom stereocenters. The highest BCUT2D eigenvalue weighted by molar-refractivity contribution is 5.91. The van der Waals surface area contributed by atoms with Crippen LogP contribution in [0.3, 0.4) is 0 Å². The van der Waals surface area contributed by atoms with Crippen molar-refractivity contribution in [3.63, 3.8) is 0 Å². The summed E-state index contributed by atoms with van der Waals surface area (Å²) in [5.74, 6) is -5.62. The van der Waals surface area contributed by atoms with Crippen LogP contribution in [-0.4, -0.2) is 53.1 Å². The first-order valence-corrected chi connectivity index (χ1v) is 8.77. The molecule has 0 saturated heterocycles. The number of nitrogens with zero attached hydrogens (tertiary/aromatic N) is 1. The molecule has 2 N–H and O–H groups in total. The fourth-order valence-electron chi connectivity index (χ4n) is 2.51. The number of amides is 1. The number of hydrogen-bond acceptors (Lipinski definition) is 8. The van der Waals surface area contributed by atoms with E-state index in [1.54, 1.807) is 6.92 Å². The molecule has 29 heavy (non-hydrogen) atoms. The number of carboxylic acids is 1. The van der Waals surface area contributed by atoms with Crippen molar-refractivity contribution >= 4 is 29.5 Å². The van der Waals surface area contributed by atoms with E-state index in [1.165, 1.54) is 31.2 Å². The first-order chi connectivity index (χ1) is 13.7. The molecule has 0 radical (unpaired) electrons. The maximum atomic E-state index is 12.3. The molecule has 0 bridgehead atoms. The minimum absolute atomic E-state index is 0.0330. The Hall–Kier alpha value is -3.50. The molecule has 0 fully saturated rings. The van der Waals surface area contributed by atoms with Crippen LogP contribution in [0.25, 0.3) is 0 Å². The topological polar surface area (TPSA) is 162 Å². The van der Waals surface area contributed by atoms with Crippen LogP contribution in [0.1, 0.15) is 25.8 Å². The second kappa shape index (κ2) is 11.4. The van der Waals surface area contributed by atoms with Crippen molar-refractivity contribution in [2.24, 2.45) is 5.92 Å². The van der Waals surface area contributed by atoms with Crippen LogP contribution in [0.4, 0.5) is 5.69 Å². The van der Waals surface area contributed by atoms with E-state index in [1.807, 2.05) is 0 Å². The molecule has 1 rings (SSSR count). The summed E-state index contributed by atoms with van der Waals surface area (Å²) in [5.41, 5.74) is 0.0516. The van der Waals surface area contributed by atoms with Crippen molar-refractivity contribution in [1.29, 1.82) is 0 Å². The maximum Gasteiger partial charge on any atom is 0.327 e. The molecule has 0 aliphatic rings. The van der Waals surface area contributed by atoms with Gasteiger partial charge in [0.2, 0.25) is 5.91 Å². The van der Waals surface area contributed by atoms with E-state index in [9.17, 15) is 34.4 Å². The van der Waals surface area contributed by atoms with Gasteiger partial charge in [-0.15, -0.1) is 0 Å². The molecular weight excluding hydrogens is 388 g/mol. The van der Waals surface area contributed by atoms with Gasteiger partial charge in [0.1, 0.15) is 6.04 Å². The summed E-state index contributed by atoms with van der Waals surface area (Å²) >= 11 is 0. The second-order valence-electron chi connectivity index (χ2n) is 5.85. The number of ether oxygens (including phenoxy) is 2. The van der Waals surface area contributed by atoms with Gasteiger partial charge in [0.15, 0.2) is 0 Å². The number of benzene rings is 1. The van der Waals surface area contributed by atoms with Crippen molar-refractivity contribution in [1.82, 2.24) is 5.32 Å². The number of carbonyl (C=O) groups excluding carboxylic acids is 3. The Bertz CT molecular complexity index is 778. The number of nitro benzene ring substituents is 1. The molecule has 0 aliphatic carbocycles. The van der Waals surface area contributed by atoms with Gasteiger partial charge in [-0.2, -0.15) is 0 Å². The van der Waals surface area contributed by atoms with Crippen molar-refractivity contribution in [3.05, 3.63) is 39.9 Å². The summed E-state index contributed by atoms with van der Waals surface area (Å²) in [6.45, 7) is 3.04. The molecule has 0 aliphatic heterocycles. The highest BCUT2D eigenvalue weighted by atomic mass is 16.6. The predicted molar refractivity (Wildman–Crippen MR) is 97.7 cm³/mol. The van der Waals surface area contributed by atoms with Gasteiger partial charge in [0, 0.05) is 12.1 Å². The third-order valence-corrected chi connectivity index (χ3v) is 3.75. The zero-order valence-electron chi connectivity index (χ0n) is 16.0. The third-order valence-electron chi connectivity index (χ3n) is 3.75. The van der Waals surface area contributed by atoms with Gasteiger partial charge in [-0.3, -0.25) is 24.5 Å². The van der Waals surface area contributed by atoms with Crippen LogP contribution in [0.2, 0.25) is 0 Å². The number of rotatable bonds is 11. The Morgan fingerprint density at radius 1 is 1.17 bits per heavy atom. The van der Waals surface area contributed by atoms with Crippen LogP contribution < -0.4 is 5.32 Å². The van der Waals surface area contributed by atoms with Gasteiger partial charge < -0.3 is 19.9 Å². The van der Waals surface area contributed by atoms with Crippen LogP contribution in [-0.2, 0) is 35.1 Å². The average molecular weight is 410 g/mol. The molecule has 11 heteroatoms. The minimum Gasteiger partial charge on any atom is -0.480 e. The number of carbonyl (C=O) groups is 4. The summed E-state index contributed by atoms with van der Waals surface area (Å²) in [4.78, 5) is 58.1. The third kappa shape index (κ3) is 7.56. The van der Waals surface area contributed by atoms with E-state index < -0.39 is 47.1 Å². The van der Waals surface area contributed by atoms with Crippen LogP contribution in [0.5, 0.6) is 0 Å². The predicted octanol–water partition coefficient (Wildman–Crippen LogP) is 0.839. The van der Waals surface area contributed by atoms with E-state index in [2.05, 4.69) is 5.32 Å². The lowest BCUT2D eigenvalue weighted by Crippen LogP contribution is -2.50. The van der Waals surface area contributed by atoms with Crippen molar-refractivity contribution in [3.8, 4) is 0 Å². The lowest BCUT2D eigenvalue weighted by atomic mass is 9.95. The monoisotopic (exact) mass is 410 g/mol. The molecule has 0 heterocycles. The number of esters is 2. The Kier molecular flexibility index (Phi) is 9.23. The van der Waals surface area contributed by atoms with Crippen LogP contribution in [0, 0.1) is 16.0 Å². The van der Waals surface area contributed by atoms with Gasteiger partial charge in [0.25, 0.3) is 5.69 Å². The lowest BCUT2D eigenvalue weighted by Gasteiger charge is -2.22. The van der Waals surface area contributed by atoms with Crippen molar-refractivity contribution < 1.29 is 38.7 Å². The van der Waals surface area contributed by atoms with E-state index >= 15 is 0 Å². The number of hydrogen-bond donors (Lipinski definition) is 2. The number of nitro groups is 1. The molecule has 11 nitrogen and oxygen atoms in total. The lowest BCUT2D eigenvalue weighted by molar-refractivity contribution is -0.384. The molecule has 0 aromatic heterocycles. The number of non-ortho nitro benzene ring substituents is 1. The van der Waals surface area contributed by atoms with E-state index in [-0.39, 0.29) is 30.9 Å². The zero-order valence-corrected chi connectivity index (χ0v) is 16.0. The van der Waals surface area contributed by atoms with Gasteiger partial charge in [-0.1, -0.05) is 12.1 Å². The largest absolute Gasteiger partial charge is 0.480 e. The highest BCUT2D eigenvalue weighted by Gasteiger charge is 2.38. The number of nitrogens with one attached hydrogen (secondary N) is 1. The number of carboxylic acid groups (broad SMARTS) is 1. The van der Waals surface area contributed by atoms with Gasteiger partial charge in [-0.05, 0) is 19.4 Å². The van der Waals surface area contributed by atoms with Crippen molar-refractivity contribution in [2.75, 3.05) is 13.2 Å². The molecule has 1 amide bonds. The molecule has 0 unspecified atom stereocenters. The average Bonchev–Trinajstić information content (AvgIpc) is 2.64. The Morgan fingerprint density at radius 3 is 2.38 bits per heavy atom. The van der Waals surface area contributed by atoms with Gasteiger partial charge in [-0.25, -0.2) is 4.79 Å². The first kappa shape index (κ1) is 23.5. The van der Waals surface area contributed by atoms with E-state index in [0.717, 1.165) is 0 Å². The minimum atomic E-state index is -1.75. The molecule has 158 valence electrons. The molecule has 1 aromatic carbocycles. The van der Waals surface area contributed by atoms with E-state index in [4.69, 9.17) is 9.47 Å². The summed E-state index contributed by atoms with van der Waals surface area (Å²) in [6, 6.07) is 3.53. The molecule has 0 saturated carbocycles. The summed E-state index contributed by atoms with van der Waals surface area (Å²) < 4.78 is 9.57. The summed E-state index contributed by atoms with van der Waals surface area (Å²) in [6.07, 6.45) is -0.957. The standard InChI is InChI=1S/C18H22N2O9/c1-3-28-15(22)10-13(18(25)29-4-2)16(17(23)24)19-14(21)9-11-6-5-7-12(8-11)20(26)27/h5-8,13,16H,3-4,9-10H2,1-2H3,(H,19,21)(H,23,24)/t13-,16-/m1/s1. The number of aliphatic carboxylic acids is 1. The molecule has 0 spiro atoms. The second-order valence-corrected chi connectivity index (χ2v) is 5.85. The zero-order chi connectivity index (χ0) is 22.0.